The number of ether oxygens (including phenoxy) is 2. The number of rotatable bonds is 18. The smallest absolute Gasteiger partial charge is 0.308 e. The minimum absolute atomic E-state index is 0.484. The molecule has 1 heterocycles. The average Bonchev–Trinajstić information content (AvgIpc) is 2.78. The largest absolute Gasteiger partial charge is 0.481 e. The number of hydrogen-bond donors (Lipinski definition) is 5. The SMILES string of the molecule is CC(C)CCCCCCCCCCCC[C@H](O[C@@H]1O[C@H](CO)[C@@H](O)[C@H](O)[C@H]1O)[C@@H](C)C(=O)O. The van der Waals surface area contributed by atoms with E-state index in [2.05, 4.69) is 13.8 Å². The van der Waals surface area contributed by atoms with E-state index in [1.807, 2.05) is 0 Å². The Morgan fingerprint density at radius 2 is 1.27 bits per heavy atom. The lowest BCUT2D eigenvalue weighted by Crippen LogP contribution is -2.60. The van der Waals surface area contributed by atoms with Crippen molar-refractivity contribution in [2.75, 3.05) is 6.61 Å². The highest BCUT2D eigenvalue weighted by Gasteiger charge is 2.45. The lowest BCUT2D eigenvalue weighted by atomic mass is 9.96. The minimum Gasteiger partial charge on any atom is -0.481 e. The van der Waals surface area contributed by atoms with Gasteiger partial charge in [0.25, 0.3) is 0 Å². The average molecular weight is 477 g/mol. The molecule has 0 spiro atoms. The summed E-state index contributed by atoms with van der Waals surface area (Å²) < 4.78 is 11.1. The fraction of sp³-hybridized carbons (Fsp3) is 0.960. The number of carbonyl (C=O) groups is 1. The maximum absolute atomic E-state index is 11.5. The Morgan fingerprint density at radius 1 is 0.788 bits per heavy atom. The zero-order valence-electron chi connectivity index (χ0n) is 20.8. The molecule has 0 aromatic heterocycles. The summed E-state index contributed by atoms with van der Waals surface area (Å²) in [6, 6.07) is 0. The highest BCUT2D eigenvalue weighted by atomic mass is 16.7. The first-order chi connectivity index (χ1) is 15.7. The van der Waals surface area contributed by atoms with Crippen LogP contribution in [-0.2, 0) is 14.3 Å². The van der Waals surface area contributed by atoms with Crippen LogP contribution in [0.5, 0.6) is 0 Å². The number of carboxylic acid groups (broad SMARTS) is 1. The standard InChI is InChI=1S/C25H48O8/c1-17(2)14-12-10-8-6-4-5-7-9-11-13-15-19(18(3)24(30)31)32-25-23(29)22(28)21(27)20(16-26)33-25/h17-23,25-29H,4-16H2,1-3H3,(H,30,31)/t18-,19+,20-,21-,22+,23-,25-/m1/s1. The summed E-state index contributed by atoms with van der Waals surface area (Å²) in [5.74, 6) is -1.04. The van der Waals surface area contributed by atoms with E-state index in [1.165, 1.54) is 58.3 Å². The number of aliphatic hydroxyl groups excluding tert-OH is 4. The second-order valence-electron chi connectivity index (χ2n) is 10.0. The first-order valence-electron chi connectivity index (χ1n) is 12.9. The predicted molar refractivity (Wildman–Crippen MR) is 126 cm³/mol. The molecular formula is C25H48O8. The molecule has 8 heteroatoms. The fourth-order valence-electron chi connectivity index (χ4n) is 4.26. The van der Waals surface area contributed by atoms with Crippen molar-refractivity contribution in [2.24, 2.45) is 11.8 Å². The Labute approximate surface area is 199 Å². The normalized spacial score (nSPS) is 27.6. The number of aliphatic carboxylic acids is 1. The highest BCUT2D eigenvalue weighted by molar-refractivity contribution is 5.70. The summed E-state index contributed by atoms with van der Waals surface area (Å²) in [7, 11) is 0. The molecule has 1 saturated heterocycles. The number of unbranched alkanes of at least 4 members (excludes halogenated alkanes) is 9. The summed E-state index contributed by atoms with van der Waals surface area (Å²) in [6.45, 7) is 5.53. The van der Waals surface area contributed by atoms with Gasteiger partial charge in [0.05, 0.1) is 18.6 Å². The van der Waals surface area contributed by atoms with Crippen molar-refractivity contribution in [3.63, 3.8) is 0 Å². The van der Waals surface area contributed by atoms with E-state index in [0.29, 0.717) is 6.42 Å². The van der Waals surface area contributed by atoms with Gasteiger partial charge in [-0.05, 0) is 19.3 Å². The van der Waals surface area contributed by atoms with Crippen LogP contribution in [0.1, 0.15) is 97.8 Å². The molecule has 33 heavy (non-hydrogen) atoms. The fourth-order valence-corrected chi connectivity index (χ4v) is 4.26. The predicted octanol–water partition coefficient (Wildman–Crippen LogP) is 3.23. The first-order valence-corrected chi connectivity index (χ1v) is 12.9. The monoisotopic (exact) mass is 476 g/mol. The lowest BCUT2D eigenvalue weighted by molar-refractivity contribution is -0.314. The third-order valence-electron chi connectivity index (χ3n) is 6.62. The van der Waals surface area contributed by atoms with Crippen LogP contribution in [0.4, 0.5) is 0 Å². The van der Waals surface area contributed by atoms with Crippen molar-refractivity contribution in [2.45, 2.75) is 135 Å². The van der Waals surface area contributed by atoms with Gasteiger partial charge in [-0.2, -0.15) is 0 Å². The molecule has 1 aliphatic rings. The maximum atomic E-state index is 11.5. The van der Waals surface area contributed by atoms with Crippen LogP contribution in [0.15, 0.2) is 0 Å². The van der Waals surface area contributed by atoms with Gasteiger partial charge in [0.15, 0.2) is 6.29 Å². The molecule has 5 N–H and O–H groups in total. The molecule has 7 atom stereocenters. The topological polar surface area (TPSA) is 137 Å². The van der Waals surface area contributed by atoms with Crippen LogP contribution in [0.2, 0.25) is 0 Å². The van der Waals surface area contributed by atoms with Crippen LogP contribution >= 0.6 is 0 Å². The Morgan fingerprint density at radius 3 is 1.73 bits per heavy atom. The van der Waals surface area contributed by atoms with Crippen molar-refractivity contribution in [1.82, 2.24) is 0 Å². The molecule has 8 nitrogen and oxygen atoms in total. The van der Waals surface area contributed by atoms with Gasteiger partial charge in [-0.25, -0.2) is 0 Å². The van der Waals surface area contributed by atoms with Crippen molar-refractivity contribution in [1.29, 1.82) is 0 Å². The zero-order chi connectivity index (χ0) is 24.8. The van der Waals surface area contributed by atoms with E-state index in [4.69, 9.17) is 9.47 Å². The third-order valence-corrected chi connectivity index (χ3v) is 6.62. The highest BCUT2D eigenvalue weighted by Crippen LogP contribution is 2.26. The molecule has 0 aliphatic carbocycles. The Bertz CT molecular complexity index is 513. The molecule has 1 rings (SSSR count). The van der Waals surface area contributed by atoms with Gasteiger partial charge in [0.2, 0.25) is 0 Å². The number of aliphatic hydroxyl groups is 4. The zero-order valence-corrected chi connectivity index (χ0v) is 20.8. The van der Waals surface area contributed by atoms with Crippen molar-refractivity contribution in [3.8, 4) is 0 Å². The molecule has 196 valence electrons. The molecule has 0 bridgehead atoms. The summed E-state index contributed by atoms with van der Waals surface area (Å²) in [5.41, 5.74) is 0. The van der Waals surface area contributed by atoms with Gasteiger partial charge in [0.1, 0.15) is 24.4 Å². The van der Waals surface area contributed by atoms with Gasteiger partial charge in [-0.3, -0.25) is 4.79 Å². The van der Waals surface area contributed by atoms with E-state index in [0.717, 1.165) is 25.2 Å². The van der Waals surface area contributed by atoms with Crippen LogP contribution in [-0.4, -0.2) is 74.9 Å². The van der Waals surface area contributed by atoms with E-state index in [1.54, 1.807) is 0 Å². The van der Waals surface area contributed by atoms with E-state index in [9.17, 15) is 30.3 Å². The van der Waals surface area contributed by atoms with Gasteiger partial charge in [0, 0.05) is 0 Å². The minimum atomic E-state index is -1.54. The van der Waals surface area contributed by atoms with Gasteiger partial charge < -0.3 is 35.0 Å². The molecular weight excluding hydrogens is 428 g/mol. The summed E-state index contributed by atoms with van der Waals surface area (Å²) in [6.07, 6.45) is 5.92. The van der Waals surface area contributed by atoms with Gasteiger partial charge >= 0.3 is 5.97 Å². The van der Waals surface area contributed by atoms with E-state index >= 15 is 0 Å². The van der Waals surface area contributed by atoms with Crippen LogP contribution < -0.4 is 0 Å². The van der Waals surface area contributed by atoms with E-state index < -0.39 is 55.3 Å². The lowest BCUT2D eigenvalue weighted by Gasteiger charge is -2.41. The number of hydrogen-bond acceptors (Lipinski definition) is 7. The first kappa shape index (κ1) is 30.3. The summed E-state index contributed by atoms with van der Waals surface area (Å²) in [5, 5.41) is 48.8. The summed E-state index contributed by atoms with van der Waals surface area (Å²) >= 11 is 0. The quantitative estimate of drug-likeness (QED) is 0.190. The second-order valence-corrected chi connectivity index (χ2v) is 10.0. The molecule has 0 amide bonds. The molecule has 1 aliphatic heterocycles. The number of carboxylic acids is 1. The van der Waals surface area contributed by atoms with Gasteiger partial charge in [-0.15, -0.1) is 0 Å². The molecule has 0 aromatic carbocycles. The maximum Gasteiger partial charge on any atom is 0.308 e. The molecule has 0 radical (unpaired) electrons. The Balaban J connectivity index is 2.31. The third kappa shape index (κ3) is 11.5. The molecule has 0 unspecified atom stereocenters. The van der Waals surface area contributed by atoms with Gasteiger partial charge in [-0.1, -0.05) is 84.5 Å². The van der Waals surface area contributed by atoms with Crippen molar-refractivity contribution >= 4 is 5.97 Å². The van der Waals surface area contributed by atoms with Crippen LogP contribution in [0.25, 0.3) is 0 Å². The summed E-state index contributed by atoms with van der Waals surface area (Å²) in [4.78, 5) is 11.5. The van der Waals surface area contributed by atoms with Crippen LogP contribution in [0, 0.1) is 11.8 Å². The Kier molecular flexibility index (Phi) is 15.4. The molecule has 1 fully saturated rings. The second kappa shape index (κ2) is 16.8. The van der Waals surface area contributed by atoms with Crippen LogP contribution in [0.3, 0.4) is 0 Å². The molecule has 0 aromatic rings. The Hall–Kier alpha value is -0.770. The van der Waals surface area contributed by atoms with E-state index in [-0.39, 0.29) is 0 Å². The van der Waals surface area contributed by atoms with Crippen molar-refractivity contribution < 1.29 is 39.8 Å². The van der Waals surface area contributed by atoms with Crippen molar-refractivity contribution in [3.05, 3.63) is 0 Å². The molecule has 0 saturated carbocycles.